The molecule has 5 heteroatoms. The molecule has 0 saturated carbocycles. The van der Waals surface area contributed by atoms with E-state index in [9.17, 15) is 4.79 Å². The van der Waals surface area contributed by atoms with Crippen LogP contribution in [0.4, 0.5) is 0 Å². The van der Waals surface area contributed by atoms with Crippen LogP contribution >= 0.6 is 0 Å². The van der Waals surface area contributed by atoms with Crippen molar-refractivity contribution in [3.05, 3.63) is 23.8 Å². The summed E-state index contributed by atoms with van der Waals surface area (Å²) in [4.78, 5) is 12.3. The lowest BCUT2D eigenvalue weighted by atomic mass is 10.1. The van der Waals surface area contributed by atoms with Crippen molar-refractivity contribution in [3.8, 4) is 11.5 Å². The number of hydrogen-bond donors (Lipinski definition) is 1. The quantitative estimate of drug-likeness (QED) is 0.675. The molecule has 22 heavy (non-hydrogen) atoms. The van der Waals surface area contributed by atoms with Crippen LogP contribution < -0.4 is 14.8 Å². The zero-order valence-corrected chi connectivity index (χ0v) is 14.0. The first-order chi connectivity index (χ1) is 10.7. The van der Waals surface area contributed by atoms with Crippen LogP contribution in [0.2, 0.25) is 0 Å². The van der Waals surface area contributed by atoms with Gasteiger partial charge in [0.25, 0.3) is 5.91 Å². The fourth-order valence-corrected chi connectivity index (χ4v) is 2.08. The van der Waals surface area contributed by atoms with Gasteiger partial charge in [-0.25, -0.2) is 0 Å². The highest BCUT2D eigenvalue weighted by atomic mass is 16.5. The van der Waals surface area contributed by atoms with Crippen LogP contribution in [0.3, 0.4) is 0 Å². The summed E-state index contributed by atoms with van der Waals surface area (Å²) in [7, 11) is 3.24. The monoisotopic (exact) mass is 309 g/mol. The molecule has 5 nitrogen and oxygen atoms in total. The molecule has 0 radical (unpaired) electrons. The number of carbonyl (C=O) groups is 1. The number of ether oxygens (including phenoxy) is 3. The maximum absolute atomic E-state index is 12.3. The Morgan fingerprint density at radius 2 is 1.86 bits per heavy atom. The van der Waals surface area contributed by atoms with Crippen LogP contribution in [0.5, 0.6) is 11.5 Å². The van der Waals surface area contributed by atoms with E-state index in [-0.39, 0.29) is 11.9 Å². The Morgan fingerprint density at radius 3 is 2.45 bits per heavy atom. The molecule has 1 N–H and O–H groups in total. The van der Waals surface area contributed by atoms with E-state index in [1.807, 2.05) is 0 Å². The molecule has 0 saturated heterocycles. The van der Waals surface area contributed by atoms with E-state index in [0.29, 0.717) is 30.3 Å². The second-order valence-electron chi connectivity index (χ2n) is 5.05. The first-order valence-electron chi connectivity index (χ1n) is 7.76. The van der Waals surface area contributed by atoms with Gasteiger partial charge in [0.1, 0.15) is 0 Å². The molecule has 0 spiro atoms. The second kappa shape index (κ2) is 10.1. The summed E-state index contributed by atoms with van der Waals surface area (Å²) in [5.41, 5.74) is 0.578. The predicted molar refractivity (Wildman–Crippen MR) is 86.8 cm³/mol. The highest BCUT2D eigenvalue weighted by molar-refractivity contribution is 5.95. The Balaban J connectivity index is 2.77. The Hall–Kier alpha value is -1.75. The topological polar surface area (TPSA) is 56.8 Å². The molecule has 0 aliphatic carbocycles. The van der Waals surface area contributed by atoms with Crippen molar-refractivity contribution in [2.75, 3.05) is 27.4 Å². The highest BCUT2D eigenvalue weighted by Gasteiger charge is 2.14. The molecular formula is C17H27NO4. The molecule has 0 aliphatic heterocycles. The van der Waals surface area contributed by atoms with Gasteiger partial charge in [0.05, 0.1) is 13.7 Å². The SMILES string of the molecule is CCC(CC)NC(=O)c1ccc(OC)c(OCCCOC)c1. The van der Waals surface area contributed by atoms with Crippen LogP contribution in [0.15, 0.2) is 18.2 Å². The molecule has 0 bridgehead atoms. The van der Waals surface area contributed by atoms with Crippen molar-refractivity contribution >= 4 is 5.91 Å². The van der Waals surface area contributed by atoms with Crippen LogP contribution in [-0.4, -0.2) is 39.4 Å². The molecule has 0 heterocycles. The van der Waals surface area contributed by atoms with Gasteiger partial charge in [0, 0.05) is 31.7 Å². The minimum absolute atomic E-state index is 0.0851. The number of hydrogen-bond acceptors (Lipinski definition) is 4. The van der Waals surface area contributed by atoms with Crippen molar-refractivity contribution in [1.82, 2.24) is 5.32 Å². The molecule has 1 aromatic rings. The van der Waals surface area contributed by atoms with E-state index in [2.05, 4.69) is 19.2 Å². The summed E-state index contributed by atoms with van der Waals surface area (Å²) in [5.74, 6) is 1.12. The van der Waals surface area contributed by atoms with Gasteiger partial charge in [-0.15, -0.1) is 0 Å². The molecule has 0 fully saturated rings. The fraction of sp³-hybridized carbons (Fsp3) is 0.588. The summed E-state index contributed by atoms with van der Waals surface area (Å²) in [6.07, 6.45) is 2.61. The standard InChI is InChI=1S/C17H27NO4/c1-5-14(6-2)18-17(19)13-8-9-15(21-4)16(12-13)22-11-7-10-20-3/h8-9,12,14H,5-7,10-11H2,1-4H3,(H,18,19). The maximum Gasteiger partial charge on any atom is 0.251 e. The third kappa shape index (κ3) is 5.56. The van der Waals surface area contributed by atoms with Crippen molar-refractivity contribution < 1.29 is 19.0 Å². The van der Waals surface area contributed by atoms with E-state index in [0.717, 1.165) is 19.3 Å². The van der Waals surface area contributed by atoms with Gasteiger partial charge in [-0.2, -0.15) is 0 Å². The van der Waals surface area contributed by atoms with Crippen LogP contribution in [0.1, 0.15) is 43.5 Å². The van der Waals surface area contributed by atoms with E-state index >= 15 is 0 Å². The van der Waals surface area contributed by atoms with E-state index in [4.69, 9.17) is 14.2 Å². The Bertz CT molecular complexity index is 458. The summed E-state index contributed by atoms with van der Waals surface area (Å²) in [6.45, 7) is 5.28. The molecule has 1 rings (SSSR count). The van der Waals surface area contributed by atoms with Gasteiger partial charge < -0.3 is 19.5 Å². The molecule has 0 aliphatic rings. The van der Waals surface area contributed by atoms with Gasteiger partial charge >= 0.3 is 0 Å². The third-order valence-corrected chi connectivity index (χ3v) is 3.50. The molecule has 1 aromatic carbocycles. The van der Waals surface area contributed by atoms with Gasteiger partial charge in [0.15, 0.2) is 11.5 Å². The summed E-state index contributed by atoms with van der Waals surface area (Å²) in [6, 6.07) is 5.43. The molecule has 0 aromatic heterocycles. The van der Waals surface area contributed by atoms with Gasteiger partial charge in [-0.1, -0.05) is 13.8 Å². The summed E-state index contributed by atoms with van der Waals surface area (Å²) in [5, 5.41) is 3.02. The number of amides is 1. The Kier molecular flexibility index (Phi) is 8.36. The average molecular weight is 309 g/mol. The normalized spacial score (nSPS) is 10.6. The lowest BCUT2D eigenvalue weighted by Crippen LogP contribution is -2.33. The maximum atomic E-state index is 12.3. The molecule has 124 valence electrons. The van der Waals surface area contributed by atoms with Crippen LogP contribution in [0, 0.1) is 0 Å². The smallest absolute Gasteiger partial charge is 0.251 e. The minimum atomic E-state index is -0.0851. The number of methoxy groups -OCH3 is 2. The third-order valence-electron chi connectivity index (χ3n) is 3.50. The first-order valence-corrected chi connectivity index (χ1v) is 7.76. The zero-order chi connectivity index (χ0) is 16.4. The minimum Gasteiger partial charge on any atom is -0.493 e. The fourth-order valence-electron chi connectivity index (χ4n) is 2.08. The van der Waals surface area contributed by atoms with E-state index < -0.39 is 0 Å². The van der Waals surface area contributed by atoms with Crippen molar-refractivity contribution in [1.29, 1.82) is 0 Å². The van der Waals surface area contributed by atoms with E-state index in [1.54, 1.807) is 32.4 Å². The van der Waals surface area contributed by atoms with Gasteiger partial charge in [-0.3, -0.25) is 4.79 Å². The summed E-state index contributed by atoms with van der Waals surface area (Å²) >= 11 is 0. The Labute approximate surface area is 132 Å². The lowest BCUT2D eigenvalue weighted by Gasteiger charge is -2.16. The van der Waals surface area contributed by atoms with Gasteiger partial charge in [-0.05, 0) is 31.0 Å². The van der Waals surface area contributed by atoms with Crippen molar-refractivity contribution in [2.45, 2.75) is 39.2 Å². The zero-order valence-electron chi connectivity index (χ0n) is 14.0. The first kappa shape index (κ1) is 18.3. The van der Waals surface area contributed by atoms with Crippen molar-refractivity contribution in [3.63, 3.8) is 0 Å². The molecule has 0 unspecified atom stereocenters. The number of nitrogens with one attached hydrogen (secondary N) is 1. The molecule has 1 amide bonds. The number of rotatable bonds is 10. The van der Waals surface area contributed by atoms with Crippen molar-refractivity contribution in [2.24, 2.45) is 0 Å². The van der Waals surface area contributed by atoms with E-state index in [1.165, 1.54) is 0 Å². The molecule has 0 atom stereocenters. The lowest BCUT2D eigenvalue weighted by molar-refractivity contribution is 0.0934. The highest BCUT2D eigenvalue weighted by Crippen LogP contribution is 2.28. The average Bonchev–Trinajstić information content (AvgIpc) is 2.56. The second-order valence-corrected chi connectivity index (χ2v) is 5.05. The van der Waals surface area contributed by atoms with Gasteiger partial charge in [0.2, 0.25) is 0 Å². The number of benzene rings is 1. The predicted octanol–water partition coefficient (Wildman–Crippen LogP) is 3.03. The van der Waals surface area contributed by atoms with Crippen LogP contribution in [-0.2, 0) is 4.74 Å². The largest absolute Gasteiger partial charge is 0.493 e. The Morgan fingerprint density at radius 1 is 1.14 bits per heavy atom. The summed E-state index contributed by atoms with van der Waals surface area (Å²) < 4.78 is 16.0. The van der Waals surface area contributed by atoms with Crippen LogP contribution in [0.25, 0.3) is 0 Å². The molecular weight excluding hydrogens is 282 g/mol. The number of carbonyl (C=O) groups excluding carboxylic acids is 1.